The smallest absolute Gasteiger partial charge is 0.178 e. The summed E-state index contributed by atoms with van der Waals surface area (Å²) in [5.74, 6) is 0. The lowest BCUT2D eigenvalue weighted by molar-refractivity contribution is 0.574. The van der Waals surface area contributed by atoms with E-state index in [1.165, 1.54) is 11.5 Å². The number of hydrogen-bond donors (Lipinski definition) is 1. The quantitative estimate of drug-likeness (QED) is 0.500. The number of rotatable bonds is 1. The molecule has 0 aliphatic heterocycles. The van der Waals surface area contributed by atoms with Crippen LogP contribution in [0.4, 0.5) is 0 Å². The third kappa shape index (κ3) is 3.85. The van der Waals surface area contributed by atoms with E-state index in [-0.39, 0.29) is 0 Å². The molecule has 0 radical (unpaired) electrons. The van der Waals surface area contributed by atoms with Crippen molar-refractivity contribution in [1.82, 2.24) is 0 Å². The van der Waals surface area contributed by atoms with Gasteiger partial charge >= 0.3 is 0 Å². The molecule has 36 valence electrons. The second kappa shape index (κ2) is 3.06. The van der Waals surface area contributed by atoms with E-state index in [2.05, 4.69) is 0 Å². The molecule has 1 unspecified atom stereocenters. The van der Waals surface area contributed by atoms with Gasteiger partial charge in [-0.2, -0.15) is 0 Å². The fraction of sp³-hybridized carbons (Fsp3) is 0.333. The Morgan fingerprint density at radius 1 is 1.83 bits per heavy atom. The molecule has 0 saturated carbocycles. The Morgan fingerprint density at radius 2 is 2.33 bits per heavy atom. The summed E-state index contributed by atoms with van der Waals surface area (Å²) in [6.07, 6.45) is 1.52. The molecule has 3 heteroatoms. The molecule has 0 amide bonds. The molecule has 0 aliphatic rings. The van der Waals surface area contributed by atoms with Crippen LogP contribution in [0.2, 0.25) is 0 Å². The predicted molar refractivity (Wildman–Crippen MR) is 25.6 cm³/mol. The minimum atomic E-state index is -1.75. The van der Waals surface area contributed by atoms with Crippen LogP contribution in [0.1, 0.15) is 6.92 Å². The Labute approximate surface area is 39.2 Å². The van der Waals surface area contributed by atoms with Gasteiger partial charge in [-0.15, -0.1) is 0 Å². The first-order valence-electron chi connectivity index (χ1n) is 1.50. The number of hydrogen-bond acceptors (Lipinski definition) is 1. The topological polar surface area (TPSA) is 37.3 Å². The van der Waals surface area contributed by atoms with E-state index >= 15 is 0 Å². The highest BCUT2D eigenvalue weighted by atomic mass is 32.2. The summed E-state index contributed by atoms with van der Waals surface area (Å²) in [5.41, 5.74) is 0. The normalized spacial score (nSPS) is 15.7. The monoisotopic (exact) mass is 106 g/mol. The van der Waals surface area contributed by atoms with E-state index < -0.39 is 11.1 Å². The Morgan fingerprint density at radius 3 is 2.33 bits per heavy atom. The Balaban J connectivity index is 3.30. The third-order valence-electron chi connectivity index (χ3n) is 0.252. The van der Waals surface area contributed by atoms with Gasteiger partial charge in [0, 0.05) is 5.41 Å². The van der Waals surface area contributed by atoms with Crippen molar-refractivity contribution < 1.29 is 8.76 Å². The van der Waals surface area contributed by atoms with E-state index in [0.717, 1.165) is 0 Å². The molecule has 0 rings (SSSR count). The van der Waals surface area contributed by atoms with Crippen molar-refractivity contribution in [2.45, 2.75) is 6.92 Å². The molecule has 0 fully saturated rings. The molecule has 0 heterocycles. The summed E-state index contributed by atoms with van der Waals surface area (Å²) in [6, 6.07) is 0. The van der Waals surface area contributed by atoms with Crippen molar-refractivity contribution >= 4 is 11.1 Å². The van der Waals surface area contributed by atoms with Gasteiger partial charge in [0.05, 0.1) is 0 Å². The summed E-state index contributed by atoms with van der Waals surface area (Å²) < 4.78 is 17.6. The molecule has 0 aromatic heterocycles. The zero-order valence-corrected chi connectivity index (χ0v) is 4.23. The molecule has 0 spiro atoms. The number of allylic oxidation sites excluding steroid dienone is 1. The maximum Gasteiger partial charge on any atom is 0.178 e. The third-order valence-corrected chi connectivity index (χ3v) is 0.757. The molecule has 1 N–H and O–H groups in total. The first-order valence-corrected chi connectivity index (χ1v) is 2.67. The van der Waals surface area contributed by atoms with Crippen LogP contribution < -0.4 is 0 Å². The van der Waals surface area contributed by atoms with Crippen LogP contribution in [0.15, 0.2) is 11.5 Å². The first kappa shape index (κ1) is 5.85. The van der Waals surface area contributed by atoms with Crippen LogP contribution in [0.3, 0.4) is 0 Å². The SMILES string of the molecule is C/C=C\S(=O)O. The molecular weight excluding hydrogens is 100 g/mol. The van der Waals surface area contributed by atoms with Crippen LogP contribution in [0, 0.1) is 0 Å². The highest BCUT2D eigenvalue weighted by Crippen LogP contribution is 1.72. The zero-order valence-electron chi connectivity index (χ0n) is 3.42. The summed E-state index contributed by atoms with van der Waals surface area (Å²) >= 11 is -1.75. The molecule has 6 heavy (non-hydrogen) atoms. The van der Waals surface area contributed by atoms with Crippen molar-refractivity contribution in [3.63, 3.8) is 0 Å². The second-order valence-corrected chi connectivity index (χ2v) is 1.57. The average Bonchev–Trinajstić information content (AvgIpc) is 1.35. The average molecular weight is 106 g/mol. The van der Waals surface area contributed by atoms with Gasteiger partial charge in [-0.05, 0) is 6.92 Å². The van der Waals surface area contributed by atoms with Gasteiger partial charge in [0.1, 0.15) is 0 Å². The molecule has 0 aromatic rings. The predicted octanol–water partition coefficient (Wildman–Crippen LogP) is 0.742. The summed E-state index contributed by atoms with van der Waals surface area (Å²) in [5, 5.41) is 1.19. The van der Waals surface area contributed by atoms with Crippen LogP contribution in [-0.4, -0.2) is 8.76 Å². The molecule has 1 atom stereocenters. The van der Waals surface area contributed by atoms with E-state index in [0.29, 0.717) is 0 Å². The van der Waals surface area contributed by atoms with E-state index in [1.807, 2.05) is 0 Å². The van der Waals surface area contributed by atoms with Crippen molar-refractivity contribution in [1.29, 1.82) is 0 Å². The highest BCUT2D eigenvalue weighted by Gasteiger charge is 1.72. The van der Waals surface area contributed by atoms with Gasteiger partial charge in [0.2, 0.25) is 0 Å². The van der Waals surface area contributed by atoms with Gasteiger partial charge in [0.25, 0.3) is 0 Å². The van der Waals surface area contributed by atoms with Crippen molar-refractivity contribution in [2.75, 3.05) is 0 Å². The van der Waals surface area contributed by atoms with Crippen molar-refractivity contribution in [2.24, 2.45) is 0 Å². The van der Waals surface area contributed by atoms with E-state index in [9.17, 15) is 4.21 Å². The molecule has 0 aromatic carbocycles. The molecule has 0 saturated heterocycles. The fourth-order valence-electron chi connectivity index (χ4n) is 0.116. The Bertz CT molecular complexity index is 76.9. The van der Waals surface area contributed by atoms with Crippen molar-refractivity contribution in [3.8, 4) is 0 Å². The van der Waals surface area contributed by atoms with Gasteiger partial charge < -0.3 is 4.55 Å². The lowest BCUT2D eigenvalue weighted by atomic mass is 10.8. The van der Waals surface area contributed by atoms with Crippen LogP contribution in [-0.2, 0) is 11.1 Å². The molecular formula is C3H6O2S. The van der Waals surface area contributed by atoms with E-state index in [4.69, 9.17) is 4.55 Å². The van der Waals surface area contributed by atoms with Gasteiger partial charge in [0.15, 0.2) is 11.1 Å². The first-order chi connectivity index (χ1) is 2.77. The second-order valence-electron chi connectivity index (χ2n) is 0.746. The van der Waals surface area contributed by atoms with Gasteiger partial charge in [-0.1, -0.05) is 6.08 Å². The molecule has 0 bridgehead atoms. The standard InChI is InChI=1S/C3H6O2S/c1-2-3-6(4)5/h2-3H,1H3,(H,4,5)/b3-2-. The minimum Gasteiger partial charge on any atom is -0.303 e. The molecule has 0 aliphatic carbocycles. The molecule has 2 nitrogen and oxygen atoms in total. The van der Waals surface area contributed by atoms with E-state index in [1.54, 1.807) is 6.92 Å². The van der Waals surface area contributed by atoms with Crippen LogP contribution in [0.5, 0.6) is 0 Å². The maximum absolute atomic E-state index is 9.62. The lowest BCUT2D eigenvalue weighted by Gasteiger charge is -1.69. The summed E-state index contributed by atoms with van der Waals surface area (Å²) in [6.45, 7) is 1.69. The zero-order chi connectivity index (χ0) is 4.99. The Kier molecular flexibility index (Phi) is 2.98. The van der Waals surface area contributed by atoms with Crippen LogP contribution >= 0.6 is 0 Å². The lowest BCUT2D eigenvalue weighted by Crippen LogP contribution is -1.72. The van der Waals surface area contributed by atoms with Gasteiger partial charge in [-0.3, -0.25) is 0 Å². The summed E-state index contributed by atoms with van der Waals surface area (Å²) in [7, 11) is 0. The highest BCUT2D eigenvalue weighted by molar-refractivity contribution is 7.82. The summed E-state index contributed by atoms with van der Waals surface area (Å²) in [4.78, 5) is 0. The van der Waals surface area contributed by atoms with Gasteiger partial charge in [-0.25, -0.2) is 4.21 Å². The Hall–Kier alpha value is -0.150. The largest absolute Gasteiger partial charge is 0.303 e. The fourth-order valence-corrected chi connectivity index (χ4v) is 0.349. The van der Waals surface area contributed by atoms with Crippen molar-refractivity contribution in [3.05, 3.63) is 11.5 Å². The minimum absolute atomic E-state index is 1.19. The van der Waals surface area contributed by atoms with Crippen LogP contribution in [0.25, 0.3) is 0 Å². The maximum atomic E-state index is 9.62.